The smallest absolute Gasteiger partial charge is 0.298 e. The molecule has 0 aromatic carbocycles. The summed E-state index contributed by atoms with van der Waals surface area (Å²) in [5.74, 6) is 0.868. The van der Waals surface area contributed by atoms with Gasteiger partial charge in [0.05, 0.1) is 13.2 Å². The first-order valence-corrected chi connectivity index (χ1v) is 3.26. The molecular weight excluding hydrogens is 168 g/mol. The van der Waals surface area contributed by atoms with E-state index in [1.807, 2.05) is 0 Å². The fourth-order valence-electron chi connectivity index (χ4n) is 0.654. The van der Waals surface area contributed by atoms with E-state index in [1.165, 1.54) is 0 Å². The van der Waals surface area contributed by atoms with Crippen molar-refractivity contribution in [2.75, 3.05) is 19.7 Å². The van der Waals surface area contributed by atoms with Crippen LogP contribution in [0.25, 0.3) is 0 Å². The predicted octanol–water partition coefficient (Wildman–Crippen LogP) is -0.294. The van der Waals surface area contributed by atoms with Crippen LogP contribution in [0.1, 0.15) is 0 Å². The molecule has 3 nitrogen and oxygen atoms in total. The van der Waals surface area contributed by atoms with Crippen LogP contribution in [0.2, 0.25) is 0 Å². The summed E-state index contributed by atoms with van der Waals surface area (Å²) >= 11 is 0. The number of carbonyl (C=O) groups is 1. The van der Waals surface area contributed by atoms with E-state index >= 15 is 0 Å². The Labute approximate surface area is 69.0 Å². The minimum absolute atomic E-state index is 0.159. The largest absolute Gasteiger partial charge is 0.395 e. The first-order valence-electron chi connectivity index (χ1n) is 3.26. The molecule has 12 heavy (non-hydrogen) atoms. The number of hydrogen-bond donors (Lipinski definition) is 1. The van der Waals surface area contributed by atoms with Gasteiger partial charge in [-0.3, -0.25) is 4.79 Å². The SMILES string of the molecule is C#CC(=O)N(CCO)CC(F)F. The maximum atomic E-state index is 11.8. The van der Waals surface area contributed by atoms with Gasteiger partial charge in [-0.15, -0.1) is 6.42 Å². The van der Waals surface area contributed by atoms with Gasteiger partial charge in [0.1, 0.15) is 0 Å². The van der Waals surface area contributed by atoms with E-state index in [9.17, 15) is 13.6 Å². The van der Waals surface area contributed by atoms with Gasteiger partial charge < -0.3 is 10.0 Å². The Kier molecular flexibility index (Phi) is 4.97. The highest BCUT2D eigenvalue weighted by molar-refractivity contribution is 5.92. The molecule has 0 aromatic rings. The minimum atomic E-state index is -2.63. The lowest BCUT2D eigenvalue weighted by molar-refractivity contribution is -0.127. The van der Waals surface area contributed by atoms with Crippen molar-refractivity contribution < 1.29 is 18.7 Å². The van der Waals surface area contributed by atoms with Gasteiger partial charge in [0, 0.05) is 6.54 Å². The Hall–Kier alpha value is -1.15. The third-order valence-corrected chi connectivity index (χ3v) is 1.14. The van der Waals surface area contributed by atoms with Gasteiger partial charge in [-0.05, 0) is 5.92 Å². The van der Waals surface area contributed by atoms with Crippen molar-refractivity contribution in [3.63, 3.8) is 0 Å². The van der Waals surface area contributed by atoms with Crippen molar-refractivity contribution in [3.05, 3.63) is 0 Å². The molecule has 0 rings (SSSR count). The van der Waals surface area contributed by atoms with Gasteiger partial charge in [0.15, 0.2) is 0 Å². The maximum Gasteiger partial charge on any atom is 0.298 e. The molecule has 5 heteroatoms. The summed E-state index contributed by atoms with van der Waals surface area (Å²) in [5, 5.41) is 8.39. The molecule has 0 spiro atoms. The van der Waals surface area contributed by atoms with E-state index in [1.54, 1.807) is 5.92 Å². The van der Waals surface area contributed by atoms with Crippen LogP contribution in [0.15, 0.2) is 0 Å². The summed E-state index contributed by atoms with van der Waals surface area (Å²) in [4.78, 5) is 11.4. The van der Waals surface area contributed by atoms with E-state index < -0.39 is 18.9 Å². The molecule has 0 saturated heterocycles. The standard InChI is InChI=1S/C7H9F2NO2/c1-2-7(12)10(3-4-11)5-6(8)9/h1,6,11H,3-5H2. The number of carbonyl (C=O) groups excluding carboxylic acids is 1. The highest BCUT2D eigenvalue weighted by atomic mass is 19.3. The molecule has 0 aliphatic rings. The van der Waals surface area contributed by atoms with Crippen molar-refractivity contribution >= 4 is 5.91 Å². The fraction of sp³-hybridized carbons (Fsp3) is 0.571. The van der Waals surface area contributed by atoms with E-state index in [0.29, 0.717) is 0 Å². The molecule has 0 atom stereocenters. The van der Waals surface area contributed by atoms with Crippen LogP contribution < -0.4 is 0 Å². The van der Waals surface area contributed by atoms with Crippen molar-refractivity contribution in [2.45, 2.75) is 6.43 Å². The van der Waals surface area contributed by atoms with E-state index in [4.69, 9.17) is 11.5 Å². The molecule has 0 heterocycles. The summed E-state index contributed by atoms with van der Waals surface area (Å²) in [7, 11) is 0. The lowest BCUT2D eigenvalue weighted by Crippen LogP contribution is -2.36. The van der Waals surface area contributed by atoms with Gasteiger partial charge in [0.2, 0.25) is 0 Å². The molecule has 0 fully saturated rings. The Balaban J connectivity index is 4.05. The molecule has 0 aliphatic heterocycles. The lowest BCUT2D eigenvalue weighted by atomic mass is 10.4. The fourth-order valence-corrected chi connectivity index (χ4v) is 0.654. The second-order valence-electron chi connectivity index (χ2n) is 2.01. The molecular formula is C7H9F2NO2. The molecule has 0 bridgehead atoms. The zero-order chi connectivity index (χ0) is 9.56. The molecule has 0 unspecified atom stereocenters. The van der Waals surface area contributed by atoms with Crippen LogP contribution in [0.4, 0.5) is 8.78 Å². The molecule has 68 valence electrons. The average Bonchev–Trinajstić information content (AvgIpc) is 2.01. The van der Waals surface area contributed by atoms with Gasteiger partial charge in [-0.2, -0.15) is 0 Å². The number of amides is 1. The van der Waals surface area contributed by atoms with Crippen LogP contribution in [-0.4, -0.2) is 42.0 Å². The number of terminal acetylenes is 1. The van der Waals surface area contributed by atoms with Crippen molar-refractivity contribution in [1.82, 2.24) is 4.90 Å². The minimum Gasteiger partial charge on any atom is -0.395 e. The molecule has 0 aromatic heterocycles. The van der Waals surface area contributed by atoms with Crippen LogP contribution in [0.5, 0.6) is 0 Å². The van der Waals surface area contributed by atoms with E-state index in [0.717, 1.165) is 4.90 Å². The number of nitrogens with zero attached hydrogens (tertiary/aromatic N) is 1. The third kappa shape index (κ3) is 3.88. The van der Waals surface area contributed by atoms with Crippen LogP contribution in [0, 0.1) is 12.3 Å². The van der Waals surface area contributed by atoms with Gasteiger partial charge in [-0.1, -0.05) is 0 Å². The number of hydrogen-bond acceptors (Lipinski definition) is 2. The quantitative estimate of drug-likeness (QED) is 0.599. The van der Waals surface area contributed by atoms with Crippen LogP contribution in [-0.2, 0) is 4.79 Å². The monoisotopic (exact) mass is 177 g/mol. The van der Waals surface area contributed by atoms with Gasteiger partial charge >= 0.3 is 0 Å². The highest BCUT2D eigenvalue weighted by Gasteiger charge is 2.15. The van der Waals surface area contributed by atoms with Crippen LogP contribution in [0.3, 0.4) is 0 Å². The Morgan fingerprint density at radius 2 is 2.25 bits per heavy atom. The third-order valence-electron chi connectivity index (χ3n) is 1.14. The summed E-state index contributed by atoms with van der Waals surface area (Å²) in [5.41, 5.74) is 0. The van der Waals surface area contributed by atoms with Crippen LogP contribution >= 0.6 is 0 Å². The molecule has 0 radical (unpaired) electrons. The second kappa shape index (κ2) is 5.49. The zero-order valence-corrected chi connectivity index (χ0v) is 6.33. The normalized spacial score (nSPS) is 9.58. The summed E-state index contributed by atoms with van der Waals surface area (Å²) in [6.45, 7) is -1.27. The first kappa shape index (κ1) is 10.8. The van der Waals surface area contributed by atoms with Crippen molar-refractivity contribution in [1.29, 1.82) is 0 Å². The molecule has 0 saturated carbocycles. The summed E-state index contributed by atoms with van der Waals surface area (Å²) in [6, 6.07) is 0. The zero-order valence-electron chi connectivity index (χ0n) is 6.33. The van der Waals surface area contributed by atoms with E-state index in [-0.39, 0.29) is 13.2 Å². The van der Waals surface area contributed by atoms with Gasteiger partial charge in [-0.25, -0.2) is 8.78 Å². The second-order valence-corrected chi connectivity index (χ2v) is 2.01. The number of aliphatic hydroxyl groups excluding tert-OH is 1. The lowest BCUT2D eigenvalue weighted by Gasteiger charge is -2.17. The number of rotatable bonds is 4. The maximum absolute atomic E-state index is 11.8. The molecule has 1 amide bonds. The van der Waals surface area contributed by atoms with Crippen molar-refractivity contribution in [2.24, 2.45) is 0 Å². The van der Waals surface area contributed by atoms with Crippen molar-refractivity contribution in [3.8, 4) is 12.3 Å². The first-order chi connectivity index (χ1) is 5.61. The number of alkyl halides is 2. The Morgan fingerprint density at radius 1 is 1.67 bits per heavy atom. The predicted molar refractivity (Wildman–Crippen MR) is 38.5 cm³/mol. The number of aliphatic hydroxyl groups is 1. The molecule has 1 N–H and O–H groups in total. The van der Waals surface area contributed by atoms with Gasteiger partial charge in [0.25, 0.3) is 12.3 Å². The highest BCUT2D eigenvalue weighted by Crippen LogP contribution is 1.97. The summed E-state index contributed by atoms with van der Waals surface area (Å²) < 4.78 is 23.5. The topological polar surface area (TPSA) is 40.5 Å². The van der Waals surface area contributed by atoms with E-state index in [2.05, 4.69) is 0 Å². The Morgan fingerprint density at radius 3 is 2.58 bits per heavy atom. The number of halogens is 2. The molecule has 0 aliphatic carbocycles. The summed E-state index contributed by atoms with van der Waals surface area (Å²) in [6.07, 6.45) is 2.08. The Bertz CT molecular complexity index is 188. The average molecular weight is 177 g/mol.